The minimum atomic E-state index is -0.129. The van der Waals surface area contributed by atoms with Gasteiger partial charge in [0.1, 0.15) is 0 Å². The first kappa shape index (κ1) is 18.3. The van der Waals surface area contributed by atoms with Crippen LogP contribution in [0.5, 0.6) is 0 Å². The van der Waals surface area contributed by atoms with Crippen LogP contribution in [-0.2, 0) is 9.53 Å². The third-order valence-corrected chi connectivity index (χ3v) is 4.32. The molecule has 1 heterocycles. The van der Waals surface area contributed by atoms with Crippen LogP contribution in [0.15, 0.2) is 24.3 Å². The van der Waals surface area contributed by atoms with Crippen molar-refractivity contribution in [3.8, 4) is 0 Å². The van der Waals surface area contributed by atoms with Crippen LogP contribution in [0, 0.1) is 0 Å². The average molecular weight is 357 g/mol. The largest absolute Gasteiger partial charge is 0.379 e. The van der Waals surface area contributed by atoms with Crippen LogP contribution in [0.4, 0.5) is 0 Å². The van der Waals surface area contributed by atoms with Crippen LogP contribution in [0.2, 0.25) is 10.0 Å². The van der Waals surface area contributed by atoms with E-state index in [-0.39, 0.29) is 11.9 Å². The van der Waals surface area contributed by atoms with Crippen LogP contribution < -0.4 is 5.32 Å². The van der Waals surface area contributed by atoms with Crippen LogP contribution in [0.25, 0.3) is 6.08 Å². The Hall–Kier alpha value is -1.07. The van der Waals surface area contributed by atoms with Gasteiger partial charge in [-0.3, -0.25) is 9.69 Å². The SMILES string of the molecule is CC(CCN1CCOCC1)NC(=O)/C=C/c1cc(Cl)ccc1Cl. The Kier molecular flexibility index (Phi) is 7.37. The van der Waals surface area contributed by atoms with Gasteiger partial charge < -0.3 is 10.1 Å². The van der Waals surface area contributed by atoms with Crippen molar-refractivity contribution in [2.75, 3.05) is 32.8 Å². The van der Waals surface area contributed by atoms with Crippen molar-refractivity contribution in [2.24, 2.45) is 0 Å². The third-order valence-electron chi connectivity index (χ3n) is 3.74. The summed E-state index contributed by atoms with van der Waals surface area (Å²) >= 11 is 12.0. The number of morpholine rings is 1. The second-order valence-electron chi connectivity index (χ2n) is 5.65. The molecule has 0 aromatic heterocycles. The number of carbonyl (C=O) groups is 1. The van der Waals surface area contributed by atoms with E-state index in [9.17, 15) is 4.79 Å². The van der Waals surface area contributed by atoms with Gasteiger partial charge in [0, 0.05) is 41.8 Å². The Balaban J connectivity index is 1.76. The van der Waals surface area contributed by atoms with Gasteiger partial charge in [0.2, 0.25) is 5.91 Å². The maximum Gasteiger partial charge on any atom is 0.244 e. The Bertz CT molecular complexity index is 558. The molecule has 1 amide bonds. The summed E-state index contributed by atoms with van der Waals surface area (Å²) in [5, 5.41) is 4.12. The molecule has 1 fully saturated rings. The van der Waals surface area contributed by atoms with Crippen molar-refractivity contribution in [3.05, 3.63) is 39.9 Å². The van der Waals surface area contributed by atoms with Gasteiger partial charge in [-0.05, 0) is 43.2 Å². The van der Waals surface area contributed by atoms with E-state index >= 15 is 0 Å². The molecular formula is C17H22Cl2N2O2. The smallest absolute Gasteiger partial charge is 0.244 e. The molecule has 2 rings (SSSR count). The topological polar surface area (TPSA) is 41.6 Å². The number of hydrogen-bond acceptors (Lipinski definition) is 3. The lowest BCUT2D eigenvalue weighted by molar-refractivity contribution is -0.117. The lowest BCUT2D eigenvalue weighted by Gasteiger charge is -2.27. The summed E-state index contributed by atoms with van der Waals surface area (Å²) in [4.78, 5) is 14.3. The van der Waals surface area contributed by atoms with Gasteiger partial charge in [-0.25, -0.2) is 0 Å². The van der Waals surface area contributed by atoms with Crippen LogP contribution in [0.3, 0.4) is 0 Å². The van der Waals surface area contributed by atoms with E-state index in [0.29, 0.717) is 10.0 Å². The molecule has 1 aliphatic heterocycles. The molecule has 1 aromatic carbocycles. The fourth-order valence-corrected chi connectivity index (χ4v) is 2.73. The predicted octanol–water partition coefficient (Wildman–Crippen LogP) is 3.23. The zero-order chi connectivity index (χ0) is 16.7. The highest BCUT2D eigenvalue weighted by Gasteiger charge is 2.12. The van der Waals surface area contributed by atoms with Crippen LogP contribution in [0.1, 0.15) is 18.9 Å². The molecule has 0 saturated carbocycles. The maximum atomic E-state index is 12.0. The number of ether oxygens (including phenoxy) is 1. The molecule has 1 unspecified atom stereocenters. The number of nitrogens with one attached hydrogen (secondary N) is 1. The first-order chi connectivity index (χ1) is 11.0. The minimum Gasteiger partial charge on any atom is -0.379 e. The summed E-state index contributed by atoms with van der Waals surface area (Å²) < 4.78 is 5.32. The summed E-state index contributed by atoms with van der Waals surface area (Å²) in [6.45, 7) is 6.50. The molecule has 1 saturated heterocycles. The minimum absolute atomic E-state index is 0.116. The predicted molar refractivity (Wildman–Crippen MR) is 95.0 cm³/mol. The van der Waals surface area contributed by atoms with Gasteiger partial charge in [0.05, 0.1) is 13.2 Å². The van der Waals surface area contributed by atoms with Crippen molar-refractivity contribution in [1.29, 1.82) is 0 Å². The summed E-state index contributed by atoms with van der Waals surface area (Å²) in [5.74, 6) is -0.129. The standard InChI is InChI=1S/C17H22Cl2N2O2/c1-13(6-7-21-8-10-23-11-9-21)20-17(22)5-2-14-12-15(18)3-4-16(14)19/h2-5,12-13H,6-11H2,1H3,(H,20,22)/b5-2+. The second kappa shape index (κ2) is 9.28. The molecule has 126 valence electrons. The molecule has 0 spiro atoms. The first-order valence-corrected chi connectivity index (χ1v) is 8.54. The molecule has 0 aliphatic carbocycles. The highest BCUT2D eigenvalue weighted by molar-refractivity contribution is 6.34. The van der Waals surface area contributed by atoms with Crippen molar-refractivity contribution in [1.82, 2.24) is 10.2 Å². The molecule has 1 N–H and O–H groups in total. The van der Waals surface area contributed by atoms with Crippen molar-refractivity contribution in [3.63, 3.8) is 0 Å². The van der Waals surface area contributed by atoms with Gasteiger partial charge in [-0.2, -0.15) is 0 Å². The Morgan fingerprint density at radius 1 is 1.39 bits per heavy atom. The lowest BCUT2D eigenvalue weighted by Crippen LogP contribution is -2.40. The van der Waals surface area contributed by atoms with Crippen molar-refractivity contribution < 1.29 is 9.53 Å². The van der Waals surface area contributed by atoms with Gasteiger partial charge in [-0.1, -0.05) is 23.2 Å². The highest BCUT2D eigenvalue weighted by Crippen LogP contribution is 2.21. The van der Waals surface area contributed by atoms with Gasteiger partial charge >= 0.3 is 0 Å². The summed E-state index contributed by atoms with van der Waals surface area (Å²) in [7, 11) is 0. The van der Waals surface area contributed by atoms with E-state index in [1.807, 2.05) is 6.92 Å². The third kappa shape index (κ3) is 6.51. The van der Waals surface area contributed by atoms with Crippen LogP contribution >= 0.6 is 23.2 Å². The zero-order valence-electron chi connectivity index (χ0n) is 13.2. The monoisotopic (exact) mass is 356 g/mol. The van der Waals surface area contributed by atoms with E-state index in [2.05, 4.69) is 10.2 Å². The normalized spacial score (nSPS) is 17.3. The Labute approximate surface area is 147 Å². The summed E-state index contributed by atoms with van der Waals surface area (Å²) in [6, 6.07) is 5.28. The van der Waals surface area contributed by atoms with E-state index < -0.39 is 0 Å². The van der Waals surface area contributed by atoms with E-state index in [4.69, 9.17) is 27.9 Å². The lowest BCUT2D eigenvalue weighted by atomic mass is 10.2. The molecular weight excluding hydrogens is 335 g/mol. The fraction of sp³-hybridized carbons (Fsp3) is 0.471. The van der Waals surface area contributed by atoms with E-state index in [1.54, 1.807) is 24.3 Å². The highest BCUT2D eigenvalue weighted by atomic mass is 35.5. The van der Waals surface area contributed by atoms with Crippen molar-refractivity contribution in [2.45, 2.75) is 19.4 Å². The maximum absolute atomic E-state index is 12.0. The number of amides is 1. The second-order valence-corrected chi connectivity index (χ2v) is 6.50. The first-order valence-electron chi connectivity index (χ1n) is 7.78. The number of nitrogens with zero attached hydrogens (tertiary/aromatic N) is 1. The molecule has 4 nitrogen and oxygen atoms in total. The van der Waals surface area contributed by atoms with Gasteiger partial charge in [-0.15, -0.1) is 0 Å². The Morgan fingerprint density at radius 2 is 2.13 bits per heavy atom. The van der Waals surface area contributed by atoms with Crippen LogP contribution in [-0.4, -0.2) is 49.7 Å². The molecule has 23 heavy (non-hydrogen) atoms. The van der Waals surface area contributed by atoms with E-state index in [1.165, 1.54) is 6.08 Å². The molecule has 1 aromatic rings. The number of rotatable bonds is 6. The number of carbonyl (C=O) groups excluding carboxylic acids is 1. The number of hydrogen-bond donors (Lipinski definition) is 1. The van der Waals surface area contributed by atoms with E-state index in [0.717, 1.165) is 44.8 Å². The van der Waals surface area contributed by atoms with Gasteiger partial charge in [0.15, 0.2) is 0 Å². The molecule has 6 heteroatoms. The summed E-state index contributed by atoms with van der Waals surface area (Å²) in [6.07, 6.45) is 4.08. The molecule has 0 radical (unpaired) electrons. The van der Waals surface area contributed by atoms with Crippen molar-refractivity contribution >= 4 is 35.2 Å². The molecule has 0 bridgehead atoms. The molecule has 1 atom stereocenters. The average Bonchev–Trinajstić information content (AvgIpc) is 2.55. The summed E-state index contributed by atoms with van der Waals surface area (Å²) in [5.41, 5.74) is 0.732. The molecule has 1 aliphatic rings. The quantitative estimate of drug-likeness (QED) is 0.795. The number of halogens is 2. The zero-order valence-corrected chi connectivity index (χ0v) is 14.7. The Morgan fingerprint density at radius 3 is 2.87 bits per heavy atom. The number of benzene rings is 1. The van der Waals surface area contributed by atoms with Gasteiger partial charge in [0.25, 0.3) is 0 Å². The fourth-order valence-electron chi connectivity index (χ4n) is 2.37.